The molecule has 0 heterocycles. The quantitative estimate of drug-likeness (QED) is 0.765. The highest BCUT2D eigenvalue weighted by atomic mass is 35.5. The number of benzene rings is 1. The standard InChI is InChI=1S/C16H27ClN2S/c1-12(2)18-11-14-6-7-15(17)10-16(14)19(4)13(3)8-9-20-5/h6-7,10,12-13,18H,8-9,11H2,1-5H3. The van der Waals surface area contributed by atoms with Crippen LogP contribution in [0.3, 0.4) is 0 Å². The Morgan fingerprint density at radius 3 is 2.60 bits per heavy atom. The molecule has 0 saturated heterocycles. The van der Waals surface area contributed by atoms with Crippen LogP contribution in [0.15, 0.2) is 18.2 Å². The first kappa shape index (κ1) is 17.7. The van der Waals surface area contributed by atoms with Crippen molar-refractivity contribution in [3.63, 3.8) is 0 Å². The van der Waals surface area contributed by atoms with Gasteiger partial charge in [0.15, 0.2) is 0 Å². The highest BCUT2D eigenvalue weighted by Gasteiger charge is 2.14. The summed E-state index contributed by atoms with van der Waals surface area (Å²) in [5, 5.41) is 4.29. The van der Waals surface area contributed by atoms with Gasteiger partial charge in [-0.3, -0.25) is 0 Å². The molecule has 0 aliphatic rings. The van der Waals surface area contributed by atoms with Crippen molar-refractivity contribution in [2.75, 3.05) is 24.0 Å². The molecule has 1 unspecified atom stereocenters. The number of hydrogen-bond donors (Lipinski definition) is 1. The molecule has 0 aliphatic heterocycles. The predicted molar refractivity (Wildman–Crippen MR) is 94.3 cm³/mol. The topological polar surface area (TPSA) is 15.3 Å². The van der Waals surface area contributed by atoms with Gasteiger partial charge in [-0.05, 0) is 43.0 Å². The molecular weight excluding hydrogens is 288 g/mol. The molecular formula is C16H27ClN2S. The molecule has 1 aromatic carbocycles. The fraction of sp³-hybridized carbons (Fsp3) is 0.625. The van der Waals surface area contributed by atoms with Crippen LogP contribution in [0.25, 0.3) is 0 Å². The van der Waals surface area contributed by atoms with E-state index in [1.165, 1.54) is 23.4 Å². The van der Waals surface area contributed by atoms with Gasteiger partial charge in [0.25, 0.3) is 0 Å². The molecule has 2 nitrogen and oxygen atoms in total. The van der Waals surface area contributed by atoms with Crippen LogP contribution in [0, 0.1) is 0 Å². The van der Waals surface area contributed by atoms with Crippen molar-refractivity contribution in [1.82, 2.24) is 5.32 Å². The third-order valence-corrected chi connectivity index (χ3v) is 4.41. The molecule has 1 N–H and O–H groups in total. The Morgan fingerprint density at radius 2 is 2.00 bits per heavy atom. The lowest BCUT2D eigenvalue weighted by molar-refractivity contribution is 0.585. The average molecular weight is 315 g/mol. The van der Waals surface area contributed by atoms with E-state index in [1.807, 2.05) is 17.8 Å². The Kier molecular flexibility index (Phi) is 7.78. The molecule has 4 heteroatoms. The highest BCUT2D eigenvalue weighted by molar-refractivity contribution is 7.98. The SMILES string of the molecule is CSCCC(C)N(C)c1cc(Cl)ccc1CNC(C)C. The van der Waals surface area contributed by atoms with Gasteiger partial charge in [-0.1, -0.05) is 31.5 Å². The van der Waals surface area contributed by atoms with Gasteiger partial charge < -0.3 is 10.2 Å². The van der Waals surface area contributed by atoms with Crippen LogP contribution in [0.4, 0.5) is 5.69 Å². The van der Waals surface area contributed by atoms with Gasteiger partial charge in [-0.2, -0.15) is 11.8 Å². The molecule has 1 rings (SSSR count). The van der Waals surface area contributed by atoms with Crippen molar-refractivity contribution >= 4 is 29.1 Å². The van der Waals surface area contributed by atoms with Crippen molar-refractivity contribution < 1.29 is 0 Å². The average Bonchev–Trinajstić information content (AvgIpc) is 2.42. The Morgan fingerprint density at radius 1 is 1.30 bits per heavy atom. The van der Waals surface area contributed by atoms with Gasteiger partial charge in [0.05, 0.1) is 0 Å². The van der Waals surface area contributed by atoms with Crippen LogP contribution in [0.2, 0.25) is 5.02 Å². The molecule has 0 radical (unpaired) electrons. The maximum absolute atomic E-state index is 6.18. The number of nitrogens with zero attached hydrogens (tertiary/aromatic N) is 1. The second-order valence-corrected chi connectivity index (χ2v) is 6.97. The lowest BCUT2D eigenvalue weighted by Crippen LogP contribution is -2.31. The number of halogens is 1. The normalized spacial score (nSPS) is 12.8. The number of rotatable bonds is 8. The zero-order valence-corrected chi connectivity index (χ0v) is 14.8. The smallest absolute Gasteiger partial charge is 0.0426 e. The van der Waals surface area contributed by atoms with Gasteiger partial charge in [0, 0.05) is 36.4 Å². The van der Waals surface area contributed by atoms with E-state index < -0.39 is 0 Å². The minimum atomic E-state index is 0.484. The van der Waals surface area contributed by atoms with Crippen LogP contribution in [-0.4, -0.2) is 31.1 Å². The van der Waals surface area contributed by atoms with Crippen LogP contribution >= 0.6 is 23.4 Å². The minimum Gasteiger partial charge on any atom is -0.372 e. The Bertz CT molecular complexity index is 409. The Hall–Kier alpha value is -0.380. The highest BCUT2D eigenvalue weighted by Crippen LogP contribution is 2.26. The van der Waals surface area contributed by atoms with Gasteiger partial charge in [0.2, 0.25) is 0 Å². The summed E-state index contributed by atoms with van der Waals surface area (Å²) >= 11 is 8.08. The van der Waals surface area contributed by atoms with Gasteiger partial charge >= 0.3 is 0 Å². The summed E-state index contributed by atoms with van der Waals surface area (Å²) in [4.78, 5) is 2.35. The summed E-state index contributed by atoms with van der Waals surface area (Å²) in [5.41, 5.74) is 2.54. The van der Waals surface area contributed by atoms with Crippen LogP contribution in [-0.2, 0) is 6.54 Å². The van der Waals surface area contributed by atoms with E-state index in [-0.39, 0.29) is 0 Å². The molecule has 20 heavy (non-hydrogen) atoms. The zero-order valence-electron chi connectivity index (χ0n) is 13.2. The second-order valence-electron chi connectivity index (χ2n) is 5.55. The van der Waals surface area contributed by atoms with Crippen molar-refractivity contribution in [3.8, 4) is 0 Å². The molecule has 0 amide bonds. The molecule has 1 atom stereocenters. The fourth-order valence-electron chi connectivity index (χ4n) is 2.05. The Balaban J connectivity index is 2.86. The second kappa shape index (κ2) is 8.81. The molecule has 1 aromatic rings. The van der Waals surface area contributed by atoms with E-state index in [2.05, 4.69) is 56.4 Å². The lowest BCUT2D eigenvalue weighted by Gasteiger charge is -2.29. The third kappa shape index (κ3) is 5.55. The summed E-state index contributed by atoms with van der Waals surface area (Å²) in [7, 11) is 2.16. The van der Waals surface area contributed by atoms with Crippen LogP contribution in [0.1, 0.15) is 32.8 Å². The largest absolute Gasteiger partial charge is 0.372 e. The summed E-state index contributed by atoms with van der Waals surface area (Å²) < 4.78 is 0. The summed E-state index contributed by atoms with van der Waals surface area (Å²) in [6, 6.07) is 7.18. The van der Waals surface area contributed by atoms with Gasteiger partial charge in [-0.15, -0.1) is 0 Å². The fourth-order valence-corrected chi connectivity index (χ4v) is 2.79. The predicted octanol–water partition coefficient (Wildman–Crippen LogP) is 4.42. The molecule has 0 fully saturated rings. The van der Waals surface area contributed by atoms with Crippen LogP contribution < -0.4 is 10.2 Å². The maximum atomic E-state index is 6.18. The first-order valence-corrected chi connectivity index (χ1v) is 8.96. The molecule has 0 spiro atoms. The van der Waals surface area contributed by atoms with Gasteiger partial charge in [0.1, 0.15) is 0 Å². The number of nitrogens with one attached hydrogen (secondary N) is 1. The van der Waals surface area contributed by atoms with E-state index in [0.29, 0.717) is 12.1 Å². The van der Waals surface area contributed by atoms with Crippen molar-refractivity contribution in [2.45, 2.75) is 45.8 Å². The molecule has 0 saturated carbocycles. The monoisotopic (exact) mass is 314 g/mol. The van der Waals surface area contributed by atoms with Crippen LogP contribution in [0.5, 0.6) is 0 Å². The van der Waals surface area contributed by atoms with Crippen molar-refractivity contribution in [2.24, 2.45) is 0 Å². The number of hydrogen-bond acceptors (Lipinski definition) is 3. The zero-order chi connectivity index (χ0) is 15.1. The maximum Gasteiger partial charge on any atom is 0.0426 e. The summed E-state index contributed by atoms with van der Waals surface area (Å²) in [6.07, 6.45) is 3.34. The Labute approximate surface area is 133 Å². The van der Waals surface area contributed by atoms with Gasteiger partial charge in [-0.25, -0.2) is 0 Å². The summed E-state index contributed by atoms with van der Waals surface area (Å²) in [5.74, 6) is 1.19. The van der Waals surface area contributed by atoms with E-state index >= 15 is 0 Å². The molecule has 114 valence electrons. The van der Waals surface area contributed by atoms with E-state index in [9.17, 15) is 0 Å². The van der Waals surface area contributed by atoms with E-state index in [1.54, 1.807) is 0 Å². The first-order valence-electron chi connectivity index (χ1n) is 7.19. The summed E-state index contributed by atoms with van der Waals surface area (Å²) in [6.45, 7) is 7.49. The number of thioether (sulfide) groups is 1. The lowest BCUT2D eigenvalue weighted by atomic mass is 10.1. The van der Waals surface area contributed by atoms with E-state index in [0.717, 1.165) is 11.6 Å². The molecule has 0 aromatic heterocycles. The molecule has 0 aliphatic carbocycles. The number of anilines is 1. The molecule has 0 bridgehead atoms. The van der Waals surface area contributed by atoms with Crippen molar-refractivity contribution in [3.05, 3.63) is 28.8 Å². The third-order valence-electron chi connectivity index (χ3n) is 3.53. The minimum absolute atomic E-state index is 0.484. The first-order chi connectivity index (χ1) is 9.45. The van der Waals surface area contributed by atoms with E-state index in [4.69, 9.17) is 11.6 Å². The van der Waals surface area contributed by atoms with Crippen molar-refractivity contribution in [1.29, 1.82) is 0 Å².